The maximum absolute atomic E-state index is 12.1. The highest BCUT2D eigenvalue weighted by molar-refractivity contribution is 5.68. The highest BCUT2D eigenvalue weighted by Crippen LogP contribution is 2.21. The van der Waals surface area contributed by atoms with Crippen LogP contribution in [0.25, 0.3) is 0 Å². The van der Waals surface area contributed by atoms with Crippen molar-refractivity contribution in [2.75, 3.05) is 0 Å². The summed E-state index contributed by atoms with van der Waals surface area (Å²) in [4.78, 5) is 24.2. The maximum atomic E-state index is 12.1. The number of aliphatic hydroxyl groups is 3. The molecule has 1 unspecified atom stereocenters. The van der Waals surface area contributed by atoms with Gasteiger partial charge < -0.3 is 35.4 Å². The van der Waals surface area contributed by atoms with E-state index >= 15 is 0 Å². The Kier molecular flexibility index (Phi) is 7.82. The number of carbonyl (C=O) groups is 2. The standard InChI is InChI=1S/C22H26N2O7/c25-18-16(23-21(28)30-12-14-7-3-1-4-8-14)11-17(19(26)20(18)27)24-22(29)31-13-15-9-5-2-6-10-15/h1-10,16-20,25-27H,11-13H2,(H,23,28)(H,24,29)/t16-,17-,18-,19+,20?/m1/s1. The second-order valence-corrected chi connectivity index (χ2v) is 7.33. The van der Waals surface area contributed by atoms with Gasteiger partial charge in [-0.2, -0.15) is 0 Å². The summed E-state index contributed by atoms with van der Waals surface area (Å²) >= 11 is 0. The van der Waals surface area contributed by atoms with E-state index in [-0.39, 0.29) is 19.6 Å². The number of benzene rings is 2. The Hall–Kier alpha value is -3.14. The van der Waals surface area contributed by atoms with Crippen molar-refractivity contribution in [2.24, 2.45) is 0 Å². The lowest BCUT2D eigenvalue weighted by Crippen LogP contribution is -2.64. The van der Waals surface area contributed by atoms with Crippen LogP contribution in [0, 0.1) is 0 Å². The van der Waals surface area contributed by atoms with E-state index in [1.165, 1.54) is 0 Å². The van der Waals surface area contributed by atoms with Gasteiger partial charge >= 0.3 is 12.2 Å². The van der Waals surface area contributed by atoms with Crippen LogP contribution in [0.1, 0.15) is 17.5 Å². The minimum atomic E-state index is -1.58. The van der Waals surface area contributed by atoms with Crippen molar-refractivity contribution in [1.29, 1.82) is 0 Å². The van der Waals surface area contributed by atoms with Gasteiger partial charge in [-0.3, -0.25) is 0 Å². The molecule has 5 N–H and O–H groups in total. The minimum Gasteiger partial charge on any atom is -0.445 e. The number of hydrogen-bond acceptors (Lipinski definition) is 7. The van der Waals surface area contributed by atoms with Crippen LogP contribution >= 0.6 is 0 Å². The first-order valence-electron chi connectivity index (χ1n) is 9.92. The van der Waals surface area contributed by atoms with Crippen LogP contribution in [0.5, 0.6) is 0 Å². The summed E-state index contributed by atoms with van der Waals surface area (Å²) in [6.07, 6.45) is -6.05. The summed E-state index contributed by atoms with van der Waals surface area (Å²) < 4.78 is 10.3. The highest BCUT2D eigenvalue weighted by atomic mass is 16.6. The molecular formula is C22H26N2O7. The van der Waals surface area contributed by atoms with Crippen molar-refractivity contribution in [2.45, 2.75) is 50.0 Å². The van der Waals surface area contributed by atoms with E-state index < -0.39 is 42.6 Å². The van der Waals surface area contributed by atoms with Crippen molar-refractivity contribution in [1.82, 2.24) is 10.6 Å². The van der Waals surface area contributed by atoms with Crippen LogP contribution < -0.4 is 10.6 Å². The average Bonchev–Trinajstić information content (AvgIpc) is 2.79. The van der Waals surface area contributed by atoms with E-state index in [0.717, 1.165) is 11.1 Å². The fourth-order valence-electron chi connectivity index (χ4n) is 3.35. The van der Waals surface area contributed by atoms with E-state index in [9.17, 15) is 24.9 Å². The molecule has 9 heteroatoms. The second-order valence-electron chi connectivity index (χ2n) is 7.33. The van der Waals surface area contributed by atoms with E-state index in [2.05, 4.69) is 10.6 Å². The van der Waals surface area contributed by atoms with Gasteiger partial charge in [-0.05, 0) is 17.5 Å². The number of nitrogens with one attached hydrogen (secondary N) is 2. The number of carbonyl (C=O) groups excluding carboxylic acids is 2. The predicted molar refractivity (Wildman–Crippen MR) is 110 cm³/mol. The Morgan fingerprint density at radius 2 is 1.10 bits per heavy atom. The Morgan fingerprint density at radius 3 is 1.48 bits per heavy atom. The fraction of sp³-hybridized carbons (Fsp3) is 0.364. The molecule has 0 saturated heterocycles. The molecule has 2 aromatic carbocycles. The molecule has 31 heavy (non-hydrogen) atoms. The summed E-state index contributed by atoms with van der Waals surface area (Å²) in [5.41, 5.74) is 1.58. The molecule has 1 fully saturated rings. The van der Waals surface area contributed by atoms with Crippen molar-refractivity contribution in [3.05, 3.63) is 71.8 Å². The van der Waals surface area contributed by atoms with Crippen molar-refractivity contribution in [3.8, 4) is 0 Å². The molecule has 0 aromatic heterocycles. The lowest BCUT2D eigenvalue weighted by Gasteiger charge is -2.40. The Bertz CT molecular complexity index is 780. The summed E-state index contributed by atoms with van der Waals surface area (Å²) in [7, 11) is 0. The largest absolute Gasteiger partial charge is 0.445 e. The Morgan fingerprint density at radius 1 is 0.710 bits per heavy atom. The zero-order valence-corrected chi connectivity index (χ0v) is 16.8. The quantitative estimate of drug-likeness (QED) is 0.462. The van der Waals surface area contributed by atoms with E-state index in [1.807, 2.05) is 36.4 Å². The zero-order valence-electron chi connectivity index (χ0n) is 16.8. The first-order chi connectivity index (χ1) is 14.9. The Labute approximate surface area is 179 Å². The maximum Gasteiger partial charge on any atom is 0.407 e. The molecule has 2 aromatic rings. The summed E-state index contributed by atoms with van der Waals surface area (Å²) in [6.45, 7) is 0.0717. The fourth-order valence-corrected chi connectivity index (χ4v) is 3.35. The van der Waals surface area contributed by atoms with Gasteiger partial charge in [0.15, 0.2) is 0 Å². The number of amides is 2. The van der Waals surface area contributed by atoms with E-state index in [1.54, 1.807) is 24.3 Å². The van der Waals surface area contributed by atoms with Gasteiger partial charge in [-0.1, -0.05) is 60.7 Å². The zero-order chi connectivity index (χ0) is 22.2. The lowest BCUT2D eigenvalue weighted by molar-refractivity contribution is -0.110. The van der Waals surface area contributed by atoms with Gasteiger partial charge in [0.05, 0.1) is 12.1 Å². The first kappa shape index (κ1) is 22.5. The predicted octanol–water partition coefficient (Wildman–Crippen LogP) is 1.06. The normalized spacial score (nSPS) is 25.3. The highest BCUT2D eigenvalue weighted by Gasteiger charge is 2.44. The molecule has 2 amide bonds. The van der Waals surface area contributed by atoms with Crippen molar-refractivity contribution >= 4 is 12.2 Å². The summed E-state index contributed by atoms with van der Waals surface area (Å²) in [5, 5.41) is 35.5. The number of aliphatic hydroxyl groups excluding tert-OH is 3. The molecule has 1 saturated carbocycles. The molecule has 0 bridgehead atoms. The number of hydrogen-bond donors (Lipinski definition) is 5. The molecule has 1 aliphatic rings. The van der Waals surface area contributed by atoms with Crippen LogP contribution in [0.2, 0.25) is 0 Å². The minimum absolute atomic E-state index is 0.0275. The third kappa shape index (κ3) is 6.42. The van der Waals surface area contributed by atoms with Gasteiger partial charge in [0, 0.05) is 0 Å². The molecule has 0 spiro atoms. The number of alkyl carbamates (subject to hydrolysis) is 2. The molecule has 0 aliphatic heterocycles. The van der Waals surface area contributed by atoms with Gasteiger partial charge in [0.25, 0.3) is 0 Å². The van der Waals surface area contributed by atoms with Gasteiger partial charge in [0.1, 0.15) is 31.5 Å². The third-order valence-electron chi connectivity index (χ3n) is 5.06. The van der Waals surface area contributed by atoms with Crippen molar-refractivity contribution < 1.29 is 34.4 Å². The van der Waals surface area contributed by atoms with Crippen LogP contribution in [-0.4, -0.2) is 57.9 Å². The van der Waals surface area contributed by atoms with Crippen molar-refractivity contribution in [3.63, 3.8) is 0 Å². The number of ether oxygens (including phenoxy) is 2. The molecule has 9 nitrogen and oxygen atoms in total. The molecule has 0 radical (unpaired) electrons. The number of rotatable bonds is 6. The van der Waals surface area contributed by atoms with Crippen LogP contribution in [0.4, 0.5) is 9.59 Å². The second kappa shape index (κ2) is 10.8. The van der Waals surface area contributed by atoms with E-state index in [4.69, 9.17) is 9.47 Å². The van der Waals surface area contributed by atoms with E-state index in [0.29, 0.717) is 0 Å². The van der Waals surface area contributed by atoms with Crippen LogP contribution in [0.3, 0.4) is 0 Å². The molecule has 5 atom stereocenters. The SMILES string of the molecule is O=C(N[C@@H]1C[C@@H](NC(=O)OCc2ccccc2)[C@@H](O)C(O)[C@H]1O)OCc1ccccc1. The Balaban J connectivity index is 1.51. The molecule has 166 valence electrons. The smallest absolute Gasteiger partial charge is 0.407 e. The summed E-state index contributed by atoms with van der Waals surface area (Å²) in [5.74, 6) is 0. The first-order valence-corrected chi connectivity index (χ1v) is 9.92. The topological polar surface area (TPSA) is 137 Å². The molecule has 3 rings (SSSR count). The van der Waals surface area contributed by atoms with Crippen LogP contribution in [0.15, 0.2) is 60.7 Å². The van der Waals surface area contributed by atoms with Gasteiger partial charge in [-0.15, -0.1) is 0 Å². The molecular weight excluding hydrogens is 404 g/mol. The van der Waals surface area contributed by atoms with Gasteiger partial charge in [-0.25, -0.2) is 9.59 Å². The molecule has 1 aliphatic carbocycles. The molecule has 0 heterocycles. The monoisotopic (exact) mass is 430 g/mol. The average molecular weight is 430 g/mol. The lowest BCUT2D eigenvalue weighted by atomic mass is 9.84. The third-order valence-corrected chi connectivity index (χ3v) is 5.06. The summed E-state index contributed by atoms with van der Waals surface area (Å²) in [6, 6.07) is 16.2. The van der Waals surface area contributed by atoms with Crippen LogP contribution in [-0.2, 0) is 22.7 Å². The van der Waals surface area contributed by atoms with Gasteiger partial charge in [0.2, 0.25) is 0 Å².